The Morgan fingerprint density at radius 1 is 0.836 bits per heavy atom. The molecule has 0 aromatic heterocycles. The largest absolute Gasteiger partial charge is 0.573 e. The van der Waals surface area contributed by atoms with E-state index in [1.807, 2.05) is 0 Å². The van der Waals surface area contributed by atoms with E-state index in [4.69, 9.17) is 4.74 Å². The van der Waals surface area contributed by atoms with Gasteiger partial charge >= 0.3 is 6.36 Å². The van der Waals surface area contributed by atoms with Crippen LogP contribution in [0.3, 0.4) is 0 Å². The highest BCUT2D eigenvalue weighted by molar-refractivity contribution is 6.04. The zero-order chi connectivity index (χ0) is 39.0. The van der Waals surface area contributed by atoms with Crippen LogP contribution in [-0.2, 0) is 17.3 Å². The molecule has 0 saturated heterocycles. The number of methoxy groups -OCH3 is 1. The van der Waals surface area contributed by atoms with Crippen LogP contribution in [0.1, 0.15) is 96.3 Å². The van der Waals surface area contributed by atoms with Crippen molar-refractivity contribution in [2.45, 2.75) is 103 Å². The number of hydrogen-bond acceptors (Lipinski definition) is 3. The Kier molecular flexibility index (Phi) is 11.0. The van der Waals surface area contributed by atoms with E-state index >= 15 is 0 Å². The molecule has 4 aromatic carbocycles. The van der Waals surface area contributed by atoms with Crippen molar-refractivity contribution >= 4 is 27.9 Å². The molecule has 3 aliphatic rings. The summed E-state index contributed by atoms with van der Waals surface area (Å²) in [5.41, 5.74) is 8.18. The minimum absolute atomic E-state index is 0.0657. The number of allylic oxidation sites excluding steroid dienone is 4. The third-order valence-electron chi connectivity index (χ3n) is 12.2. The van der Waals surface area contributed by atoms with Crippen LogP contribution in [-0.4, -0.2) is 36.8 Å². The molecular formula is C48H56F3N2O2+. The lowest BCUT2D eigenvalue weighted by Gasteiger charge is -2.32. The first kappa shape index (κ1) is 38.7. The molecule has 290 valence electrons. The highest BCUT2D eigenvalue weighted by Gasteiger charge is 2.51. The van der Waals surface area contributed by atoms with Gasteiger partial charge in [0.15, 0.2) is 5.71 Å². The van der Waals surface area contributed by atoms with Crippen LogP contribution >= 0.6 is 0 Å². The lowest BCUT2D eigenvalue weighted by atomic mass is 9.67. The number of halogens is 3. The van der Waals surface area contributed by atoms with Gasteiger partial charge in [-0.2, -0.15) is 4.58 Å². The fourth-order valence-electron chi connectivity index (χ4n) is 9.42. The van der Waals surface area contributed by atoms with Gasteiger partial charge in [-0.15, -0.1) is 13.2 Å². The Labute approximate surface area is 325 Å². The summed E-state index contributed by atoms with van der Waals surface area (Å²) in [7, 11) is 1.76. The molecule has 2 heterocycles. The summed E-state index contributed by atoms with van der Waals surface area (Å²) in [6.07, 6.45) is 10.9. The van der Waals surface area contributed by atoms with E-state index in [0.29, 0.717) is 18.3 Å². The molecule has 1 aliphatic carbocycles. The fraction of sp³-hybridized carbons (Fsp3) is 0.438. The molecule has 7 heteroatoms. The quantitative estimate of drug-likeness (QED) is 0.135. The molecule has 0 radical (unpaired) electrons. The maximum absolute atomic E-state index is 13.1. The maximum atomic E-state index is 13.1. The zero-order valence-corrected chi connectivity index (χ0v) is 33.3. The molecule has 0 amide bonds. The molecule has 4 nitrogen and oxygen atoms in total. The molecule has 0 N–H and O–H groups in total. The zero-order valence-electron chi connectivity index (χ0n) is 33.3. The topological polar surface area (TPSA) is 24.7 Å². The van der Waals surface area contributed by atoms with Crippen LogP contribution in [0.4, 0.5) is 24.5 Å². The third-order valence-corrected chi connectivity index (χ3v) is 12.2. The second-order valence-corrected chi connectivity index (χ2v) is 16.9. The van der Waals surface area contributed by atoms with E-state index in [9.17, 15) is 13.2 Å². The Morgan fingerprint density at radius 2 is 1.55 bits per heavy atom. The van der Waals surface area contributed by atoms with Gasteiger partial charge in [0, 0.05) is 47.2 Å². The van der Waals surface area contributed by atoms with Crippen LogP contribution < -0.4 is 14.4 Å². The average molecular weight is 750 g/mol. The molecule has 1 saturated carbocycles. The van der Waals surface area contributed by atoms with E-state index in [2.05, 4.69) is 122 Å². The fourth-order valence-corrected chi connectivity index (χ4v) is 9.42. The van der Waals surface area contributed by atoms with E-state index in [0.717, 1.165) is 50.1 Å². The molecule has 1 atom stereocenters. The second-order valence-electron chi connectivity index (χ2n) is 16.9. The van der Waals surface area contributed by atoms with Gasteiger partial charge in [0.25, 0.3) is 0 Å². The van der Waals surface area contributed by atoms with Crippen molar-refractivity contribution in [3.05, 3.63) is 119 Å². The van der Waals surface area contributed by atoms with E-state index < -0.39 is 11.8 Å². The molecule has 4 aromatic rings. The Hall–Kier alpha value is -4.52. The lowest BCUT2D eigenvalue weighted by molar-refractivity contribution is -0.439. The number of alkyl halides is 3. The summed E-state index contributed by atoms with van der Waals surface area (Å²) in [5, 5.41) is 2.41. The number of fused-ring (bicyclic) bond motifs is 5. The Bertz CT molecular complexity index is 2100. The molecule has 1 spiro atoms. The minimum Gasteiger partial charge on any atom is -0.497 e. The van der Waals surface area contributed by atoms with Gasteiger partial charge in [-0.1, -0.05) is 102 Å². The lowest BCUT2D eigenvalue weighted by Crippen LogP contribution is -2.36. The standard InChI is InChI=1S/C48H56F3N2O2/c1-33(2)25-29-52-42-24-22-38(54-6)31-41(42)47(27-10-7-11-28-47)44(52)16-12-15-43-46(5,32-35-17-20-37(21-18-35)55-48(49,50)51)40-23-19-36-13-8-9-14-39(36)45(40)53(43)30-26-34(3)4/h8-9,12-24,31,33-34H,7,10-11,25-30,32H2,1-6H3/q+1. The number of nitrogens with zero attached hydrogens (tertiary/aromatic N) is 2. The average Bonchev–Trinajstić information content (AvgIpc) is 3.54. The smallest absolute Gasteiger partial charge is 0.497 e. The van der Waals surface area contributed by atoms with E-state index in [1.54, 1.807) is 19.2 Å². The van der Waals surface area contributed by atoms with Crippen molar-refractivity contribution < 1.29 is 27.2 Å². The van der Waals surface area contributed by atoms with Gasteiger partial charge in [0.2, 0.25) is 5.69 Å². The van der Waals surface area contributed by atoms with Crippen LogP contribution in [0, 0.1) is 11.8 Å². The van der Waals surface area contributed by atoms with Crippen molar-refractivity contribution in [2.24, 2.45) is 11.8 Å². The van der Waals surface area contributed by atoms with Gasteiger partial charge < -0.3 is 14.4 Å². The summed E-state index contributed by atoms with van der Waals surface area (Å²) in [5.74, 6) is 1.79. The van der Waals surface area contributed by atoms with Crippen molar-refractivity contribution in [1.29, 1.82) is 0 Å². The van der Waals surface area contributed by atoms with E-state index in [-0.39, 0.29) is 11.2 Å². The predicted octanol–water partition coefficient (Wildman–Crippen LogP) is 12.6. The van der Waals surface area contributed by atoms with Crippen molar-refractivity contribution in [1.82, 2.24) is 0 Å². The molecule has 1 unspecified atom stereocenters. The maximum Gasteiger partial charge on any atom is 0.573 e. The first-order valence-corrected chi connectivity index (χ1v) is 20.2. The molecule has 0 bridgehead atoms. The third kappa shape index (κ3) is 7.68. The second kappa shape index (κ2) is 15.5. The first-order chi connectivity index (χ1) is 26.3. The first-order valence-electron chi connectivity index (χ1n) is 20.2. The summed E-state index contributed by atoms with van der Waals surface area (Å²) in [6.45, 7) is 13.3. The number of anilines is 1. The van der Waals surface area contributed by atoms with E-state index in [1.165, 1.54) is 76.1 Å². The summed E-state index contributed by atoms with van der Waals surface area (Å²) >= 11 is 0. The van der Waals surface area contributed by atoms with Gasteiger partial charge in [-0.25, -0.2) is 0 Å². The Morgan fingerprint density at radius 3 is 2.24 bits per heavy atom. The van der Waals surface area contributed by atoms with Crippen molar-refractivity contribution in [2.75, 3.05) is 25.1 Å². The molecule has 1 fully saturated rings. The SMILES string of the molecule is COc1ccc2c(c1)C1(CCCCC1)C(/C=C/C=C1\N(CCC(C)C)c3c(ccc4ccccc34)C1(C)Cc1ccc(OC(F)(F)F)cc1)=[N+]2CCC(C)C. The van der Waals surface area contributed by atoms with Gasteiger partial charge in [0.1, 0.15) is 18.0 Å². The minimum atomic E-state index is -4.73. The highest BCUT2D eigenvalue weighted by Crippen LogP contribution is 2.53. The monoisotopic (exact) mass is 749 g/mol. The van der Waals surface area contributed by atoms with Crippen LogP contribution in [0.15, 0.2) is 103 Å². The predicted molar refractivity (Wildman–Crippen MR) is 219 cm³/mol. The van der Waals surface area contributed by atoms with Crippen molar-refractivity contribution in [3.63, 3.8) is 0 Å². The van der Waals surface area contributed by atoms with Gasteiger partial charge in [0.05, 0.1) is 18.2 Å². The van der Waals surface area contributed by atoms with Crippen LogP contribution in [0.2, 0.25) is 0 Å². The summed E-state index contributed by atoms with van der Waals surface area (Å²) in [6, 6.07) is 26.1. The van der Waals surface area contributed by atoms with Crippen molar-refractivity contribution in [3.8, 4) is 11.5 Å². The summed E-state index contributed by atoms with van der Waals surface area (Å²) in [4.78, 5) is 2.54. The van der Waals surface area contributed by atoms with Crippen LogP contribution in [0.5, 0.6) is 11.5 Å². The Balaban J connectivity index is 1.37. The molecular weight excluding hydrogens is 694 g/mol. The van der Waals surface area contributed by atoms with Gasteiger partial charge in [-0.3, -0.25) is 0 Å². The number of benzene rings is 4. The highest BCUT2D eigenvalue weighted by atomic mass is 19.4. The molecule has 2 aliphatic heterocycles. The van der Waals surface area contributed by atoms with Gasteiger partial charge in [-0.05, 0) is 91.3 Å². The normalized spacial score (nSPS) is 20.1. The number of ether oxygens (including phenoxy) is 2. The van der Waals surface area contributed by atoms with Crippen LogP contribution in [0.25, 0.3) is 10.8 Å². The molecule has 55 heavy (non-hydrogen) atoms. The number of rotatable bonds is 12. The summed E-state index contributed by atoms with van der Waals surface area (Å²) < 4.78 is 51.8. The molecule has 7 rings (SSSR count). The number of hydrogen-bond donors (Lipinski definition) is 0.